The molecule has 0 amide bonds. The van der Waals surface area contributed by atoms with Crippen molar-refractivity contribution < 1.29 is 13.7 Å². The van der Waals surface area contributed by atoms with E-state index in [1.807, 2.05) is 13.8 Å². The van der Waals surface area contributed by atoms with Crippen molar-refractivity contribution in [2.24, 2.45) is 0 Å². The smallest absolute Gasteiger partial charge is 0.226 e. The molecule has 1 N–H and O–H groups in total. The van der Waals surface area contributed by atoms with Crippen LogP contribution in [-0.4, -0.2) is 16.7 Å². The normalized spacial score (nSPS) is 10.8. The summed E-state index contributed by atoms with van der Waals surface area (Å²) in [5, 5.41) is 6.98. The molecule has 114 valence electrons. The van der Waals surface area contributed by atoms with Crippen molar-refractivity contribution in [3.8, 4) is 5.75 Å². The summed E-state index contributed by atoms with van der Waals surface area (Å²) in [6.45, 7) is 5.64. The fourth-order valence-corrected chi connectivity index (χ4v) is 1.89. The second-order valence-corrected chi connectivity index (χ2v) is 4.72. The average Bonchev–Trinajstić information content (AvgIpc) is 2.91. The van der Waals surface area contributed by atoms with Crippen molar-refractivity contribution in [2.45, 2.75) is 39.8 Å². The Labute approximate surface area is 123 Å². The van der Waals surface area contributed by atoms with E-state index in [2.05, 4.69) is 15.5 Å². The second-order valence-electron chi connectivity index (χ2n) is 4.72. The van der Waals surface area contributed by atoms with Crippen molar-refractivity contribution in [2.75, 3.05) is 6.54 Å². The Hall–Kier alpha value is -1.95. The van der Waals surface area contributed by atoms with Crippen molar-refractivity contribution in [1.29, 1.82) is 0 Å². The lowest BCUT2D eigenvalue weighted by molar-refractivity contribution is 0.283. The predicted octanol–water partition coefficient (Wildman–Crippen LogP) is 2.85. The third-order valence-corrected chi connectivity index (χ3v) is 2.85. The molecule has 6 heteroatoms. The largest absolute Gasteiger partial charge is 0.485 e. The predicted molar refractivity (Wildman–Crippen MR) is 76.4 cm³/mol. The highest BCUT2D eigenvalue weighted by Crippen LogP contribution is 2.17. The lowest BCUT2D eigenvalue weighted by Gasteiger charge is -2.07. The summed E-state index contributed by atoms with van der Waals surface area (Å²) in [4.78, 5) is 4.20. The molecular weight excluding hydrogens is 273 g/mol. The molecule has 0 bridgehead atoms. The average molecular weight is 293 g/mol. The molecule has 0 fully saturated rings. The Balaban J connectivity index is 1.96. The van der Waals surface area contributed by atoms with E-state index in [1.165, 1.54) is 12.1 Å². The van der Waals surface area contributed by atoms with Crippen LogP contribution in [0.15, 0.2) is 22.7 Å². The Morgan fingerprint density at radius 2 is 2.14 bits per heavy atom. The van der Waals surface area contributed by atoms with Gasteiger partial charge in [-0.25, -0.2) is 4.39 Å². The van der Waals surface area contributed by atoms with E-state index in [9.17, 15) is 4.39 Å². The molecule has 0 aliphatic carbocycles. The van der Waals surface area contributed by atoms with Crippen LogP contribution < -0.4 is 10.1 Å². The van der Waals surface area contributed by atoms with Crippen molar-refractivity contribution >= 4 is 0 Å². The fraction of sp³-hybridized carbons (Fsp3) is 0.467. The van der Waals surface area contributed by atoms with Gasteiger partial charge >= 0.3 is 0 Å². The van der Waals surface area contributed by atoms with Gasteiger partial charge in [-0.15, -0.1) is 0 Å². The zero-order valence-electron chi connectivity index (χ0n) is 12.4. The molecule has 0 saturated heterocycles. The maximum atomic E-state index is 13.5. The molecule has 1 aromatic carbocycles. The summed E-state index contributed by atoms with van der Waals surface area (Å²) in [6, 6.07) is 4.64. The first-order valence-corrected chi connectivity index (χ1v) is 7.15. The van der Waals surface area contributed by atoms with Crippen LogP contribution in [0.4, 0.5) is 4.39 Å². The fourth-order valence-electron chi connectivity index (χ4n) is 1.89. The van der Waals surface area contributed by atoms with E-state index >= 15 is 0 Å². The second kappa shape index (κ2) is 7.73. The summed E-state index contributed by atoms with van der Waals surface area (Å²) in [5.41, 5.74) is 0.839. The van der Waals surface area contributed by atoms with Gasteiger partial charge < -0.3 is 14.6 Å². The third kappa shape index (κ3) is 4.82. The monoisotopic (exact) mass is 293 g/mol. The molecule has 2 aromatic rings. The van der Waals surface area contributed by atoms with Crippen LogP contribution in [0.25, 0.3) is 0 Å². The van der Waals surface area contributed by atoms with Crippen molar-refractivity contribution in [3.63, 3.8) is 0 Å². The molecule has 21 heavy (non-hydrogen) atoms. The Bertz CT molecular complexity index is 572. The van der Waals surface area contributed by atoms with E-state index < -0.39 is 0 Å². The summed E-state index contributed by atoms with van der Waals surface area (Å²) in [6.07, 6.45) is 1.69. The minimum Gasteiger partial charge on any atom is -0.485 e. The van der Waals surface area contributed by atoms with Crippen LogP contribution in [0.2, 0.25) is 0 Å². The van der Waals surface area contributed by atoms with Gasteiger partial charge in [0.05, 0.1) is 0 Å². The van der Waals surface area contributed by atoms with Gasteiger partial charge in [0.2, 0.25) is 11.7 Å². The maximum Gasteiger partial charge on any atom is 0.226 e. The Morgan fingerprint density at radius 3 is 2.90 bits per heavy atom. The van der Waals surface area contributed by atoms with E-state index in [0.29, 0.717) is 24.0 Å². The SMILES string of the molecule is CCCc1nc(COc2cc(F)cc(CNCC)c2)no1. The number of hydrogen-bond acceptors (Lipinski definition) is 5. The number of hydrogen-bond donors (Lipinski definition) is 1. The van der Waals surface area contributed by atoms with Crippen LogP contribution in [-0.2, 0) is 19.6 Å². The van der Waals surface area contributed by atoms with Gasteiger partial charge in [-0.3, -0.25) is 0 Å². The van der Waals surface area contributed by atoms with E-state index in [-0.39, 0.29) is 12.4 Å². The minimum atomic E-state index is -0.319. The highest BCUT2D eigenvalue weighted by molar-refractivity contribution is 5.29. The molecule has 0 aliphatic rings. The molecule has 0 aliphatic heterocycles. The number of ether oxygens (including phenoxy) is 1. The first-order valence-electron chi connectivity index (χ1n) is 7.15. The molecule has 0 spiro atoms. The molecule has 0 saturated carbocycles. The molecular formula is C15H20FN3O2. The molecule has 0 unspecified atom stereocenters. The molecule has 2 rings (SSSR count). The number of benzene rings is 1. The Kier molecular flexibility index (Phi) is 5.68. The minimum absolute atomic E-state index is 0.164. The lowest BCUT2D eigenvalue weighted by Crippen LogP contribution is -2.12. The lowest BCUT2D eigenvalue weighted by atomic mass is 10.2. The molecule has 1 aromatic heterocycles. The molecule has 0 radical (unpaired) electrons. The number of nitrogens with zero attached hydrogens (tertiary/aromatic N) is 2. The van der Waals surface area contributed by atoms with Gasteiger partial charge in [-0.2, -0.15) is 4.98 Å². The summed E-state index contributed by atoms with van der Waals surface area (Å²) < 4.78 is 24.1. The first-order chi connectivity index (χ1) is 10.2. The van der Waals surface area contributed by atoms with Gasteiger partial charge in [0, 0.05) is 19.0 Å². The molecule has 1 heterocycles. The van der Waals surface area contributed by atoms with Crippen LogP contribution in [0.1, 0.15) is 37.5 Å². The summed E-state index contributed by atoms with van der Waals surface area (Å²) in [7, 11) is 0. The number of aryl methyl sites for hydroxylation is 1. The van der Waals surface area contributed by atoms with E-state index in [4.69, 9.17) is 9.26 Å². The number of rotatable bonds is 8. The van der Waals surface area contributed by atoms with Gasteiger partial charge in [0.1, 0.15) is 11.6 Å². The molecule has 5 nitrogen and oxygen atoms in total. The van der Waals surface area contributed by atoms with Crippen LogP contribution in [0.5, 0.6) is 5.75 Å². The van der Waals surface area contributed by atoms with Crippen molar-refractivity contribution in [1.82, 2.24) is 15.5 Å². The van der Waals surface area contributed by atoms with Crippen LogP contribution in [0.3, 0.4) is 0 Å². The summed E-state index contributed by atoms with van der Waals surface area (Å²) in [5.74, 6) is 1.21. The van der Waals surface area contributed by atoms with Crippen LogP contribution >= 0.6 is 0 Å². The Morgan fingerprint density at radius 1 is 1.29 bits per heavy atom. The van der Waals surface area contributed by atoms with Gasteiger partial charge in [0.25, 0.3) is 0 Å². The molecule has 0 atom stereocenters. The third-order valence-electron chi connectivity index (χ3n) is 2.85. The highest BCUT2D eigenvalue weighted by atomic mass is 19.1. The van der Waals surface area contributed by atoms with E-state index in [0.717, 1.165) is 24.9 Å². The quantitative estimate of drug-likeness (QED) is 0.811. The number of halogens is 1. The zero-order chi connectivity index (χ0) is 15.1. The summed E-state index contributed by atoms with van der Waals surface area (Å²) >= 11 is 0. The standard InChI is InChI=1S/C15H20FN3O2/c1-3-5-15-18-14(19-21-15)10-20-13-7-11(9-17-4-2)6-12(16)8-13/h6-8,17H,3-5,9-10H2,1-2H3. The number of aromatic nitrogens is 2. The van der Waals surface area contributed by atoms with Crippen molar-refractivity contribution in [3.05, 3.63) is 41.3 Å². The van der Waals surface area contributed by atoms with E-state index in [1.54, 1.807) is 6.07 Å². The van der Waals surface area contributed by atoms with Gasteiger partial charge in [-0.1, -0.05) is 19.0 Å². The number of nitrogens with one attached hydrogen (secondary N) is 1. The van der Waals surface area contributed by atoms with Crippen LogP contribution in [0, 0.1) is 5.82 Å². The zero-order valence-corrected chi connectivity index (χ0v) is 12.4. The highest BCUT2D eigenvalue weighted by Gasteiger charge is 2.07. The first kappa shape index (κ1) is 15.4. The maximum absolute atomic E-state index is 13.5. The van der Waals surface area contributed by atoms with Gasteiger partial charge in [0.15, 0.2) is 6.61 Å². The van der Waals surface area contributed by atoms with Gasteiger partial charge in [-0.05, 0) is 30.7 Å². The topological polar surface area (TPSA) is 60.2 Å².